The van der Waals surface area contributed by atoms with Crippen molar-refractivity contribution in [2.45, 2.75) is 58.9 Å². The van der Waals surface area contributed by atoms with Crippen molar-refractivity contribution in [3.63, 3.8) is 0 Å². The lowest BCUT2D eigenvalue weighted by Gasteiger charge is -2.17. The number of nitrogens with two attached hydrogens (primary N) is 1. The monoisotopic (exact) mass is 329 g/mol. The van der Waals surface area contributed by atoms with Crippen molar-refractivity contribution < 1.29 is 4.79 Å². The largest absolute Gasteiger partial charge is 0.402 e. The number of carbonyl (C=O) groups is 1. The third-order valence-corrected chi connectivity index (χ3v) is 3.85. The van der Waals surface area contributed by atoms with Gasteiger partial charge in [-0.25, -0.2) is 9.97 Å². The number of Topliss-reactive ketones (excluding diaryl/α,β-unsaturated/α-hetero) is 1. The minimum atomic E-state index is -0.248. The number of allylic oxidation sites excluding steroid dienone is 1. The van der Waals surface area contributed by atoms with Gasteiger partial charge in [0.15, 0.2) is 5.78 Å². The summed E-state index contributed by atoms with van der Waals surface area (Å²) >= 11 is 0. The molecule has 0 spiro atoms. The summed E-state index contributed by atoms with van der Waals surface area (Å²) < 4.78 is 0. The Morgan fingerprint density at radius 3 is 2.46 bits per heavy atom. The normalized spacial score (nSPS) is 17.2. The highest BCUT2D eigenvalue weighted by Crippen LogP contribution is 2.28. The first-order valence-corrected chi connectivity index (χ1v) is 8.41. The molecule has 3 N–H and O–H groups in total. The van der Waals surface area contributed by atoms with Gasteiger partial charge in [-0.05, 0) is 45.6 Å². The molecule has 1 heterocycles. The molecule has 0 radical (unpaired) electrons. The number of nitrogens with zero attached hydrogens (tertiary/aromatic N) is 3. The van der Waals surface area contributed by atoms with Crippen molar-refractivity contribution in [3.05, 3.63) is 29.9 Å². The highest BCUT2D eigenvalue weighted by Gasteiger charge is 2.18. The molecule has 24 heavy (non-hydrogen) atoms. The summed E-state index contributed by atoms with van der Waals surface area (Å²) in [5, 5.41) is 3.16. The molecule has 1 fully saturated rings. The first-order valence-electron chi connectivity index (χ1n) is 8.41. The van der Waals surface area contributed by atoms with E-state index < -0.39 is 0 Å². The van der Waals surface area contributed by atoms with Crippen molar-refractivity contribution in [3.8, 4) is 0 Å². The maximum Gasteiger partial charge on any atom is 0.179 e. The van der Waals surface area contributed by atoms with Crippen LogP contribution in [-0.4, -0.2) is 27.1 Å². The third-order valence-electron chi connectivity index (χ3n) is 3.85. The molecule has 0 aliphatic heterocycles. The van der Waals surface area contributed by atoms with Crippen LogP contribution in [0, 0.1) is 5.92 Å². The van der Waals surface area contributed by atoms with Crippen molar-refractivity contribution in [2.75, 3.05) is 5.32 Å². The molecular weight excluding hydrogens is 302 g/mol. The van der Waals surface area contributed by atoms with Crippen molar-refractivity contribution in [2.24, 2.45) is 16.6 Å². The number of amidine groups is 1. The van der Waals surface area contributed by atoms with Crippen molar-refractivity contribution in [1.29, 1.82) is 0 Å². The Labute approximate surface area is 143 Å². The van der Waals surface area contributed by atoms with Gasteiger partial charge in [-0.3, -0.25) is 9.79 Å². The molecule has 0 saturated heterocycles. The number of aliphatic imine (C=N–C) groups is 1. The van der Waals surface area contributed by atoms with Gasteiger partial charge in [-0.1, -0.05) is 12.8 Å². The average Bonchev–Trinajstić information content (AvgIpc) is 3.00. The maximum absolute atomic E-state index is 11.3. The highest BCUT2D eigenvalue weighted by molar-refractivity contribution is 6.03. The predicted octanol–water partition coefficient (Wildman–Crippen LogP) is 3.32. The topological polar surface area (TPSA) is 93.3 Å². The molecule has 0 amide bonds. The Hall–Kier alpha value is -2.24. The molecule has 0 atom stereocenters. The fourth-order valence-electron chi connectivity index (χ4n) is 2.70. The molecule has 2 rings (SSSR count). The number of ketones is 1. The van der Waals surface area contributed by atoms with Crippen LogP contribution >= 0.6 is 0 Å². The molecule has 1 saturated carbocycles. The molecule has 1 aromatic rings. The Kier molecular flexibility index (Phi) is 5.70. The van der Waals surface area contributed by atoms with Gasteiger partial charge in [0.25, 0.3) is 0 Å². The number of rotatable bonds is 4. The minimum Gasteiger partial charge on any atom is -0.402 e. The summed E-state index contributed by atoms with van der Waals surface area (Å²) in [5.74, 6) is 1.53. The zero-order chi connectivity index (χ0) is 17.7. The molecule has 6 nitrogen and oxygen atoms in total. The van der Waals surface area contributed by atoms with E-state index in [1.54, 1.807) is 0 Å². The van der Waals surface area contributed by atoms with Crippen LogP contribution in [0.15, 0.2) is 29.2 Å². The van der Waals surface area contributed by atoms with Crippen LogP contribution in [0.5, 0.6) is 0 Å². The van der Waals surface area contributed by atoms with E-state index >= 15 is 0 Å². The minimum absolute atomic E-state index is 0.108. The van der Waals surface area contributed by atoms with E-state index in [2.05, 4.69) is 20.3 Å². The van der Waals surface area contributed by atoms with Gasteiger partial charge in [0.1, 0.15) is 17.3 Å². The standard InChI is InChI=1S/C18H27N5O/c1-12(24)15-10-21-17(11-20-15)22-16(23-18(2,3)4)9-14(19)13-7-5-6-8-13/h9-11,13H,5-8,19H2,1-4H3,(H,21,22,23). The first kappa shape index (κ1) is 18.1. The molecular formula is C18H27N5O. The van der Waals surface area contributed by atoms with Gasteiger partial charge in [0.2, 0.25) is 0 Å². The van der Waals surface area contributed by atoms with E-state index in [1.165, 1.54) is 32.2 Å². The molecule has 130 valence electrons. The zero-order valence-electron chi connectivity index (χ0n) is 15.0. The van der Waals surface area contributed by atoms with Crippen molar-refractivity contribution in [1.82, 2.24) is 9.97 Å². The number of hydrogen-bond donors (Lipinski definition) is 2. The summed E-state index contributed by atoms with van der Waals surface area (Å²) in [7, 11) is 0. The average molecular weight is 329 g/mol. The number of anilines is 1. The summed E-state index contributed by atoms with van der Waals surface area (Å²) in [4.78, 5) is 24.3. The van der Waals surface area contributed by atoms with Gasteiger partial charge >= 0.3 is 0 Å². The van der Waals surface area contributed by atoms with E-state index in [0.717, 1.165) is 18.5 Å². The fourth-order valence-corrected chi connectivity index (χ4v) is 2.70. The summed E-state index contributed by atoms with van der Waals surface area (Å²) in [6, 6.07) is 0. The summed E-state index contributed by atoms with van der Waals surface area (Å²) in [5.41, 5.74) is 7.23. The maximum atomic E-state index is 11.3. The summed E-state index contributed by atoms with van der Waals surface area (Å²) in [6.45, 7) is 7.55. The van der Waals surface area contributed by atoms with Crippen LogP contribution < -0.4 is 11.1 Å². The second-order valence-electron chi connectivity index (χ2n) is 7.26. The fraction of sp³-hybridized carbons (Fsp3) is 0.556. The van der Waals surface area contributed by atoms with Crippen LogP contribution in [0.2, 0.25) is 0 Å². The van der Waals surface area contributed by atoms with Crippen molar-refractivity contribution >= 4 is 17.4 Å². The van der Waals surface area contributed by atoms with E-state index in [0.29, 0.717) is 23.3 Å². The zero-order valence-corrected chi connectivity index (χ0v) is 15.0. The lowest BCUT2D eigenvalue weighted by atomic mass is 10.0. The Bertz CT molecular complexity index is 634. The summed E-state index contributed by atoms with van der Waals surface area (Å²) in [6.07, 6.45) is 9.64. The second-order valence-corrected chi connectivity index (χ2v) is 7.26. The first-order chi connectivity index (χ1) is 11.2. The number of hydrogen-bond acceptors (Lipinski definition) is 5. The van der Waals surface area contributed by atoms with E-state index in [4.69, 9.17) is 5.73 Å². The van der Waals surface area contributed by atoms with Gasteiger partial charge in [-0.15, -0.1) is 0 Å². The van der Waals surface area contributed by atoms with Crippen LogP contribution in [0.25, 0.3) is 0 Å². The quantitative estimate of drug-likeness (QED) is 0.502. The van der Waals surface area contributed by atoms with Gasteiger partial charge < -0.3 is 11.1 Å². The number of aromatic nitrogens is 2. The lowest BCUT2D eigenvalue weighted by molar-refractivity contribution is 0.101. The van der Waals surface area contributed by atoms with Gasteiger partial charge in [-0.2, -0.15) is 0 Å². The van der Waals surface area contributed by atoms with Crippen LogP contribution in [0.4, 0.5) is 5.82 Å². The third kappa shape index (κ3) is 5.44. The highest BCUT2D eigenvalue weighted by atomic mass is 16.1. The molecule has 1 aliphatic rings. The Balaban J connectivity index is 2.21. The van der Waals surface area contributed by atoms with E-state index in [9.17, 15) is 4.79 Å². The molecule has 1 aliphatic carbocycles. The SMILES string of the molecule is CC(=O)c1cnc(NC(C=C(N)C2CCCC2)=NC(C)(C)C)cn1. The van der Waals surface area contributed by atoms with Gasteiger partial charge in [0.05, 0.1) is 17.9 Å². The van der Waals surface area contributed by atoms with E-state index in [1.807, 2.05) is 26.8 Å². The Morgan fingerprint density at radius 1 is 1.29 bits per heavy atom. The van der Waals surface area contributed by atoms with Crippen LogP contribution in [-0.2, 0) is 0 Å². The number of carbonyl (C=O) groups excluding carboxylic acids is 1. The number of nitrogens with one attached hydrogen (secondary N) is 1. The van der Waals surface area contributed by atoms with Crippen LogP contribution in [0.3, 0.4) is 0 Å². The molecule has 0 bridgehead atoms. The molecule has 1 aromatic heterocycles. The predicted molar refractivity (Wildman–Crippen MR) is 97.1 cm³/mol. The smallest absolute Gasteiger partial charge is 0.179 e. The van der Waals surface area contributed by atoms with E-state index in [-0.39, 0.29) is 11.3 Å². The molecule has 6 heteroatoms. The Morgan fingerprint density at radius 2 is 1.96 bits per heavy atom. The molecule has 0 aromatic carbocycles. The van der Waals surface area contributed by atoms with Crippen LogP contribution in [0.1, 0.15) is 63.9 Å². The second kappa shape index (κ2) is 7.55. The lowest BCUT2D eigenvalue weighted by Crippen LogP contribution is -2.21. The van der Waals surface area contributed by atoms with Gasteiger partial charge in [0, 0.05) is 12.6 Å². The molecule has 0 unspecified atom stereocenters.